The molecule has 2 bridgehead atoms. The van der Waals surface area contributed by atoms with Crippen molar-refractivity contribution in [2.75, 3.05) is 11.9 Å². The zero-order chi connectivity index (χ0) is 14.9. The summed E-state index contributed by atoms with van der Waals surface area (Å²) in [7, 11) is 0. The van der Waals surface area contributed by atoms with Gasteiger partial charge in [-0.25, -0.2) is 9.36 Å². The van der Waals surface area contributed by atoms with Gasteiger partial charge in [-0.3, -0.25) is 9.78 Å². The molecule has 4 heterocycles. The predicted octanol–water partition coefficient (Wildman–Crippen LogP) is -0.312. The number of fused-ring (bicyclic) bond motifs is 7. The normalized spacial score (nSPS) is 35.8. The zero-order valence-corrected chi connectivity index (χ0v) is 12.0. The number of aromatic nitrogens is 2. The van der Waals surface area contributed by atoms with E-state index in [-0.39, 0.29) is 18.3 Å². The van der Waals surface area contributed by atoms with E-state index in [1.54, 1.807) is 6.92 Å². The molecule has 8 nitrogen and oxygen atoms in total. The van der Waals surface area contributed by atoms with Gasteiger partial charge in [0.1, 0.15) is 24.1 Å². The van der Waals surface area contributed by atoms with Gasteiger partial charge in [0.05, 0.1) is 5.56 Å². The van der Waals surface area contributed by atoms with E-state index in [0.717, 1.165) is 0 Å². The molecular weight excluding hydrogens is 278 g/mol. The van der Waals surface area contributed by atoms with Crippen molar-refractivity contribution < 1.29 is 14.2 Å². The Balaban J connectivity index is 1.89. The molecule has 1 aromatic rings. The fourth-order valence-corrected chi connectivity index (χ4v) is 3.33. The van der Waals surface area contributed by atoms with Gasteiger partial charge in [-0.15, -0.1) is 0 Å². The third kappa shape index (κ3) is 1.73. The minimum absolute atomic E-state index is 0.226. The molecule has 0 radical (unpaired) electrons. The molecular formula is C13H17N3O5. The Kier molecular flexibility index (Phi) is 2.46. The number of hydrogen-bond acceptors (Lipinski definition) is 6. The van der Waals surface area contributed by atoms with E-state index in [1.807, 2.05) is 13.8 Å². The maximum atomic E-state index is 12.2. The first-order valence-electron chi connectivity index (χ1n) is 6.98. The molecule has 0 aliphatic carbocycles. The Morgan fingerprint density at radius 3 is 2.71 bits per heavy atom. The molecule has 0 spiro atoms. The van der Waals surface area contributed by atoms with E-state index >= 15 is 0 Å². The zero-order valence-electron chi connectivity index (χ0n) is 12.0. The fraction of sp³-hybridized carbons (Fsp3) is 0.692. The Bertz CT molecular complexity index is 721. The molecule has 114 valence electrons. The smallest absolute Gasteiger partial charge is 0.332 e. The summed E-state index contributed by atoms with van der Waals surface area (Å²) in [6.07, 6.45) is -1.43. The standard InChI is InChI=1S/C13H17N3O5/c1-5-9-14-4-6-7-8(21-13(2,3)20-7)11(19-6)16(9)12(18)15-10(5)17/h6-8,11,14H,4H2,1-3H3,(H,15,17,18)/t6-,7?,8?,11-/m1/s1. The first kappa shape index (κ1) is 13.1. The molecule has 8 heteroatoms. The average Bonchev–Trinajstić information content (AvgIpc) is 2.78. The lowest BCUT2D eigenvalue weighted by Crippen LogP contribution is -2.41. The maximum absolute atomic E-state index is 12.2. The van der Waals surface area contributed by atoms with Crippen LogP contribution in [0.15, 0.2) is 9.59 Å². The van der Waals surface area contributed by atoms with Crippen LogP contribution in [0, 0.1) is 6.92 Å². The second kappa shape index (κ2) is 3.96. The van der Waals surface area contributed by atoms with Crippen molar-refractivity contribution in [1.82, 2.24) is 9.55 Å². The van der Waals surface area contributed by atoms with Gasteiger partial charge in [-0.2, -0.15) is 0 Å². The molecule has 4 rings (SSSR count). The maximum Gasteiger partial charge on any atom is 0.332 e. The number of rotatable bonds is 0. The van der Waals surface area contributed by atoms with Gasteiger partial charge in [0, 0.05) is 6.54 Å². The Morgan fingerprint density at radius 2 is 1.95 bits per heavy atom. The van der Waals surface area contributed by atoms with Gasteiger partial charge < -0.3 is 19.5 Å². The van der Waals surface area contributed by atoms with E-state index in [2.05, 4.69) is 10.3 Å². The first-order chi connectivity index (χ1) is 9.87. The highest BCUT2D eigenvalue weighted by Crippen LogP contribution is 2.44. The highest BCUT2D eigenvalue weighted by atomic mass is 16.8. The molecule has 0 aromatic carbocycles. The SMILES string of the molecule is Cc1c2n(c(=O)[nH]c1=O)[C@@H]1O[C@H](CN2)C2OC(C)(C)OC21. The van der Waals surface area contributed by atoms with Crippen molar-refractivity contribution in [3.05, 3.63) is 26.4 Å². The number of H-pyrrole nitrogens is 1. The Morgan fingerprint density at radius 1 is 1.24 bits per heavy atom. The number of anilines is 1. The van der Waals surface area contributed by atoms with Crippen LogP contribution < -0.4 is 16.6 Å². The summed E-state index contributed by atoms with van der Waals surface area (Å²) in [5.41, 5.74) is -0.440. The number of nitrogens with zero attached hydrogens (tertiary/aromatic N) is 1. The summed E-state index contributed by atoms with van der Waals surface area (Å²) in [6.45, 7) is 5.81. The lowest BCUT2D eigenvalue weighted by atomic mass is 10.1. The van der Waals surface area contributed by atoms with Crippen molar-refractivity contribution in [3.8, 4) is 0 Å². The van der Waals surface area contributed by atoms with Gasteiger partial charge in [-0.1, -0.05) is 0 Å². The van der Waals surface area contributed by atoms with Crippen molar-refractivity contribution in [3.63, 3.8) is 0 Å². The van der Waals surface area contributed by atoms with Crippen LogP contribution in [0.3, 0.4) is 0 Å². The molecule has 2 unspecified atom stereocenters. The van der Waals surface area contributed by atoms with Crippen LogP contribution in [-0.4, -0.2) is 40.2 Å². The molecule has 2 fully saturated rings. The third-order valence-electron chi connectivity index (χ3n) is 4.23. The van der Waals surface area contributed by atoms with Crippen LogP contribution in [0.2, 0.25) is 0 Å². The van der Waals surface area contributed by atoms with Gasteiger partial charge in [0.15, 0.2) is 12.0 Å². The molecule has 0 amide bonds. The lowest BCUT2D eigenvalue weighted by molar-refractivity contribution is -0.194. The minimum Gasteiger partial charge on any atom is -0.368 e. The largest absolute Gasteiger partial charge is 0.368 e. The van der Waals surface area contributed by atoms with E-state index < -0.39 is 23.3 Å². The second-order valence-corrected chi connectivity index (χ2v) is 6.11. The van der Waals surface area contributed by atoms with Crippen LogP contribution in [0.25, 0.3) is 0 Å². The van der Waals surface area contributed by atoms with E-state index in [1.165, 1.54) is 4.57 Å². The predicted molar refractivity (Wildman–Crippen MR) is 72.3 cm³/mol. The van der Waals surface area contributed by atoms with Crippen LogP contribution in [0.5, 0.6) is 0 Å². The van der Waals surface area contributed by atoms with Crippen LogP contribution >= 0.6 is 0 Å². The van der Waals surface area contributed by atoms with Gasteiger partial charge in [0.2, 0.25) is 0 Å². The Hall–Kier alpha value is -1.64. The fourth-order valence-electron chi connectivity index (χ4n) is 3.33. The van der Waals surface area contributed by atoms with Crippen molar-refractivity contribution in [2.45, 2.75) is 51.1 Å². The lowest BCUT2D eigenvalue weighted by Gasteiger charge is -2.24. The third-order valence-corrected chi connectivity index (χ3v) is 4.23. The minimum atomic E-state index is -0.707. The summed E-state index contributed by atoms with van der Waals surface area (Å²) in [5.74, 6) is -0.218. The van der Waals surface area contributed by atoms with Crippen LogP contribution in [0.4, 0.5) is 5.82 Å². The van der Waals surface area contributed by atoms with E-state index in [4.69, 9.17) is 14.2 Å². The van der Waals surface area contributed by atoms with Crippen molar-refractivity contribution in [2.24, 2.45) is 0 Å². The summed E-state index contributed by atoms with van der Waals surface area (Å²) < 4.78 is 19.1. The van der Waals surface area contributed by atoms with E-state index in [0.29, 0.717) is 17.9 Å². The highest BCUT2D eigenvalue weighted by Gasteiger charge is 2.57. The molecule has 0 saturated carbocycles. The molecule has 21 heavy (non-hydrogen) atoms. The summed E-state index contributed by atoms with van der Waals surface area (Å²) in [6, 6.07) is 0. The number of hydrogen-bond donors (Lipinski definition) is 2. The first-order valence-corrected chi connectivity index (χ1v) is 6.98. The molecule has 4 atom stereocenters. The summed E-state index contributed by atoms with van der Waals surface area (Å²) in [4.78, 5) is 26.3. The Labute approximate surface area is 120 Å². The number of nitrogens with one attached hydrogen (secondary N) is 2. The molecule has 2 N–H and O–H groups in total. The number of aromatic amines is 1. The van der Waals surface area contributed by atoms with Crippen LogP contribution in [-0.2, 0) is 14.2 Å². The van der Waals surface area contributed by atoms with Gasteiger partial charge in [0.25, 0.3) is 5.56 Å². The quantitative estimate of drug-likeness (QED) is 0.682. The monoisotopic (exact) mass is 295 g/mol. The van der Waals surface area contributed by atoms with Crippen molar-refractivity contribution in [1.29, 1.82) is 0 Å². The molecule has 2 saturated heterocycles. The number of ether oxygens (including phenoxy) is 3. The van der Waals surface area contributed by atoms with Gasteiger partial charge in [-0.05, 0) is 20.8 Å². The van der Waals surface area contributed by atoms with E-state index in [9.17, 15) is 9.59 Å². The summed E-state index contributed by atoms with van der Waals surface area (Å²) in [5, 5.41) is 3.13. The summed E-state index contributed by atoms with van der Waals surface area (Å²) >= 11 is 0. The van der Waals surface area contributed by atoms with Crippen molar-refractivity contribution >= 4 is 5.82 Å². The molecule has 3 aliphatic heterocycles. The van der Waals surface area contributed by atoms with Crippen LogP contribution in [0.1, 0.15) is 25.6 Å². The second-order valence-electron chi connectivity index (χ2n) is 6.11. The topological polar surface area (TPSA) is 94.6 Å². The molecule has 3 aliphatic rings. The van der Waals surface area contributed by atoms with Gasteiger partial charge >= 0.3 is 5.69 Å². The highest BCUT2D eigenvalue weighted by molar-refractivity contribution is 5.44. The molecule has 1 aromatic heterocycles. The average molecular weight is 295 g/mol.